The Morgan fingerprint density at radius 1 is 2.00 bits per heavy atom. The van der Waals surface area contributed by atoms with E-state index in [4.69, 9.17) is 0 Å². The summed E-state index contributed by atoms with van der Waals surface area (Å²) in [7, 11) is 0. The fourth-order valence-electron chi connectivity index (χ4n) is 0. The van der Waals surface area contributed by atoms with Gasteiger partial charge in [0.2, 0.25) is 0 Å². The molecule has 0 bridgehead atoms. The lowest BCUT2D eigenvalue weighted by molar-refractivity contribution is 0.701. The molecule has 0 aliphatic carbocycles. The van der Waals surface area contributed by atoms with Crippen LogP contribution in [-0.2, 0) is 11.3 Å². The Kier molecular flexibility index (Phi) is 2.59. The van der Waals surface area contributed by atoms with E-state index in [0.29, 0.717) is 15.5 Å². The molecular formula is C2H4OS2. The zero-order chi connectivity index (χ0) is 4.28. The topological polar surface area (TPSA) is 17.1 Å². The van der Waals surface area contributed by atoms with Gasteiger partial charge < -0.3 is 0 Å². The van der Waals surface area contributed by atoms with Crippen LogP contribution >= 0.6 is 12.6 Å². The normalized spacial score (nSPS) is 6.80. The summed E-state index contributed by atoms with van der Waals surface area (Å²) in [5.41, 5.74) is 0. The van der Waals surface area contributed by atoms with Gasteiger partial charge in [-0.25, -0.2) is 4.21 Å². The fraction of sp³-hybridized carbons (Fsp3) is 0.500. The van der Waals surface area contributed by atoms with E-state index in [1.54, 1.807) is 6.92 Å². The van der Waals surface area contributed by atoms with Crippen molar-refractivity contribution in [2.24, 2.45) is 0 Å². The van der Waals surface area contributed by atoms with Gasteiger partial charge in [-0.1, -0.05) is 0 Å². The quantitative estimate of drug-likeness (QED) is 0.348. The molecule has 0 aromatic carbocycles. The van der Waals surface area contributed by atoms with Crippen LogP contribution in [0.15, 0.2) is 0 Å². The largest absolute Gasteiger partial charge is 0.212 e. The highest BCUT2D eigenvalue weighted by molar-refractivity contribution is 8.07. The first-order valence-electron chi connectivity index (χ1n) is 1.09. The van der Waals surface area contributed by atoms with Crippen molar-refractivity contribution in [1.29, 1.82) is 0 Å². The lowest BCUT2D eigenvalue weighted by atomic mass is 11.0. The summed E-state index contributed by atoms with van der Waals surface area (Å²) < 4.78 is 9.99. The van der Waals surface area contributed by atoms with E-state index in [1.807, 2.05) is 0 Å². The highest BCUT2D eigenvalue weighted by Gasteiger charge is 1.64. The Balaban J connectivity index is 3.60. The van der Waals surface area contributed by atoms with Crippen molar-refractivity contribution in [2.45, 2.75) is 6.92 Å². The van der Waals surface area contributed by atoms with Crippen LogP contribution in [0.25, 0.3) is 0 Å². The van der Waals surface area contributed by atoms with Crippen molar-refractivity contribution in [3.63, 3.8) is 0 Å². The molecule has 0 atom stereocenters. The van der Waals surface area contributed by atoms with Gasteiger partial charge in [0.15, 0.2) is 0 Å². The molecule has 0 saturated heterocycles. The first-order chi connectivity index (χ1) is 2.27. The van der Waals surface area contributed by atoms with Gasteiger partial charge in [0.25, 0.3) is 0 Å². The molecule has 0 aromatic rings. The number of hydrogen-bond donors (Lipinski definition) is 1. The van der Waals surface area contributed by atoms with Gasteiger partial charge in [0.1, 0.15) is 0 Å². The molecule has 0 aliphatic heterocycles. The SMILES string of the molecule is CC(S)=S=O. The summed E-state index contributed by atoms with van der Waals surface area (Å²) in [6.07, 6.45) is 0. The Morgan fingerprint density at radius 3 is 2.20 bits per heavy atom. The first-order valence-corrected chi connectivity index (χ1v) is 2.28. The second kappa shape index (κ2) is 2.48. The zero-order valence-electron chi connectivity index (χ0n) is 2.76. The Bertz CT molecular complexity index is 67.7. The minimum absolute atomic E-state index is 0.410. The van der Waals surface area contributed by atoms with Crippen molar-refractivity contribution in [1.82, 2.24) is 0 Å². The molecule has 0 N–H and O–H groups in total. The van der Waals surface area contributed by atoms with E-state index in [1.165, 1.54) is 0 Å². The second-order valence-corrected chi connectivity index (χ2v) is 2.35. The highest BCUT2D eigenvalue weighted by atomic mass is 32.2. The molecule has 0 unspecified atom stereocenters. The van der Waals surface area contributed by atoms with Crippen LogP contribution in [0.2, 0.25) is 0 Å². The van der Waals surface area contributed by atoms with E-state index >= 15 is 0 Å². The third-order valence-electron chi connectivity index (χ3n) is 0.121. The average molecular weight is 108 g/mol. The lowest BCUT2D eigenvalue weighted by Gasteiger charge is -1.61. The van der Waals surface area contributed by atoms with Gasteiger partial charge >= 0.3 is 0 Å². The molecule has 0 radical (unpaired) electrons. The predicted molar refractivity (Wildman–Crippen MR) is 27.8 cm³/mol. The zero-order valence-corrected chi connectivity index (χ0v) is 4.47. The predicted octanol–water partition coefficient (Wildman–Crippen LogP) is 0.279. The summed E-state index contributed by atoms with van der Waals surface area (Å²) in [5, 5.41) is 0. The summed E-state index contributed by atoms with van der Waals surface area (Å²) >= 11 is 4.08. The van der Waals surface area contributed by atoms with Crippen LogP contribution in [0.3, 0.4) is 0 Å². The number of rotatable bonds is 0. The molecule has 0 fully saturated rings. The van der Waals surface area contributed by atoms with Crippen LogP contribution in [0.4, 0.5) is 0 Å². The first kappa shape index (κ1) is 5.24. The Morgan fingerprint density at radius 2 is 2.20 bits per heavy atom. The molecular weight excluding hydrogens is 104 g/mol. The van der Waals surface area contributed by atoms with Crippen molar-refractivity contribution in [3.8, 4) is 0 Å². The van der Waals surface area contributed by atoms with E-state index in [-0.39, 0.29) is 0 Å². The maximum Gasteiger partial charge on any atom is 0.0984 e. The monoisotopic (exact) mass is 108 g/mol. The number of thiol groups is 1. The van der Waals surface area contributed by atoms with Crippen LogP contribution in [0.5, 0.6) is 0 Å². The van der Waals surface area contributed by atoms with E-state index in [9.17, 15) is 4.21 Å². The minimum atomic E-state index is 0.410. The minimum Gasteiger partial charge on any atom is -0.212 e. The van der Waals surface area contributed by atoms with Gasteiger partial charge in [0, 0.05) is 0 Å². The molecule has 0 heterocycles. The molecule has 5 heavy (non-hydrogen) atoms. The molecule has 0 aliphatic rings. The standard InChI is InChI=1S/C2H4OS2/c1-2(4)5-3/h4H,1H3. The van der Waals surface area contributed by atoms with Crippen molar-refractivity contribution < 1.29 is 4.21 Å². The smallest absolute Gasteiger partial charge is 0.0984 e. The molecule has 0 amide bonds. The summed E-state index contributed by atoms with van der Waals surface area (Å²) in [5.74, 6) is 0. The summed E-state index contributed by atoms with van der Waals surface area (Å²) in [6, 6.07) is 0. The number of hydrogen-bond acceptors (Lipinski definition) is 1. The summed E-state index contributed by atoms with van der Waals surface area (Å²) in [4.78, 5) is 0. The molecule has 0 rings (SSSR count). The van der Waals surface area contributed by atoms with Crippen LogP contribution in [-0.4, -0.2) is 8.41 Å². The summed E-state index contributed by atoms with van der Waals surface area (Å²) in [6.45, 7) is 1.65. The van der Waals surface area contributed by atoms with Crippen LogP contribution in [0, 0.1) is 0 Å². The third kappa shape index (κ3) is 4.24. The molecule has 0 saturated carbocycles. The van der Waals surface area contributed by atoms with E-state index < -0.39 is 0 Å². The molecule has 1 nitrogen and oxygen atoms in total. The van der Waals surface area contributed by atoms with E-state index in [2.05, 4.69) is 12.6 Å². The molecule has 0 aromatic heterocycles. The third-order valence-corrected chi connectivity index (χ3v) is 0.585. The van der Waals surface area contributed by atoms with Crippen molar-refractivity contribution >= 4 is 28.1 Å². The van der Waals surface area contributed by atoms with Crippen LogP contribution < -0.4 is 0 Å². The Hall–Kier alpha value is 0.240. The molecule has 3 heteroatoms. The highest BCUT2D eigenvalue weighted by Crippen LogP contribution is 1.69. The van der Waals surface area contributed by atoms with Gasteiger partial charge in [-0.2, -0.15) is 0 Å². The fourth-order valence-corrected chi connectivity index (χ4v) is 0. The van der Waals surface area contributed by atoms with Gasteiger partial charge in [-0.15, -0.1) is 12.6 Å². The van der Waals surface area contributed by atoms with E-state index in [0.717, 1.165) is 0 Å². The maximum absolute atomic E-state index is 9.43. The van der Waals surface area contributed by atoms with Crippen molar-refractivity contribution in [3.05, 3.63) is 0 Å². The Labute approximate surface area is 39.9 Å². The van der Waals surface area contributed by atoms with Gasteiger partial charge in [-0.05, 0) is 6.92 Å². The average Bonchev–Trinajstić information content (AvgIpc) is 1.38. The lowest BCUT2D eigenvalue weighted by Crippen LogP contribution is -1.66. The van der Waals surface area contributed by atoms with Crippen molar-refractivity contribution in [2.75, 3.05) is 0 Å². The second-order valence-electron chi connectivity index (χ2n) is 0.602. The molecule has 0 spiro atoms. The maximum atomic E-state index is 9.43. The van der Waals surface area contributed by atoms with Gasteiger partial charge in [0.05, 0.1) is 15.5 Å². The van der Waals surface area contributed by atoms with Gasteiger partial charge in [-0.3, -0.25) is 0 Å². The van der Waals surface area contributed by atoms with Crippen LogP contribution in [0.1, 0.15) is 6.92 Å². The molecule has 30 valence electrons.